The molecule has 1 aliphatic rings. The van der Waals surface area contributed by atoms with Crippen molar-refractivity contribution in [2.45, 2.75) is 25.3 Å². The summed E-state index contributed by atoms with van der Waals surface area (Å²) >= 11 is 12.1. The van der Waals surface area contributed by atoms with Crippen LogP contribution in [0, 0.1) is 6.92 Å². The Morgan fingerprint density at radius 3 is 2.56 bits per heavy atom. The molecule has 0 aliphatic carbocycles. The molecule has 2 aromatic carbocycles. The van der Waals surface area contributed by atoms with Crippen molar-refractivity contribution in [1.82, 2.24) is 10.2 Å². The molecular formula is C20H22Cl2N2O. The second kappa shape index (κ2) is 7.77. The highest BCUT2D eigenvalue weighted by Crippen LogP contribution is 2.30. The molecule has 3 nitrogen and oxygen atoms in total. The number of aryl methyl sites for hydroxylation is 1. The summed E-state index contributed by atoms with van der Waals surface area (Å²) in [6, 6.07) is 13.4. The van der Waals surface area contributed by atoms with Gasteiger partial charge >= 0.3 is 0 Å². The van der Waals surface area contributed by atoms with E-state index in [0.717, 1.165) is 30.1 Å². The van der Waals surface area contributed by atoms with Gasteiger partial charge in [-0.05, 0) is 61.3 Å². The van der Waals surface area contributed by atoms with Gasteiger partial charge in [0.15, 0.2) is 0 Å². The molecule has 0 spiro atoms. The van der Waals surface area contributed by atoms with Crippen LogP contribution in [0.15, 0.2) is 42.5 Å². The van der Waals surface area contributed by atoms with Crippen LogP contribution < -0.4 is 5.32 Å². The first-order valence-corrected chi connectivity index (χ1v) is 9.22. The summed E-state index contributed by atoms with van der Waals surface area (Å²) in [5.41, 5.74) is 2.95. The van der Waals surface area contributed by atoms with Gasteiger partial charge in [0.2, 0.25) is 0 Å². The molecule has 0 radical (unpaired) electrons. The van der Waals surface area contributed by atoms with Gasteiger partial charge in [-0.3, -0.25) is 4.79 Å². The molecule has 2 aromatic rings. The van der Waals surface area contributed by atoms with E-state index in [2.05, 4.69) is 17.4 Å². The van der Waals surface area contributed by atoms with Gasteiger partial charge in [0.05, 0.1) is 0 Å². The Kier molecular flexibility index (Phi) is 5.67. The van der Waals surface area contributed by atoms with Crippen molar-refractivity contribution in [2.24, 2.45) is 0 Å². The molecule has 2 atom stereocenters. The number of piperidine rings is 1. The molecule has 5 heteroatoms. The van der Waals surface area contributed by atoms with Crippen LogP contribution in [0.4, 0.5) is 0 Å². The van der Waals surface area contributed by atoms with Gasteiger partial charge in [-0.2, -0.15) is 0 Å². The molecule has 132 valence electrons. The van der Waals surface area contributed by atoms with Gasteiger partial charge in [-0.25, -0.2) is 0 Å². The van der Waals surface area contributed by atoms with Crippen molar-refractivity contribution in [3.8, 4) is 0 Å². The lowest BCUT2D eigenvalue weighted by atomic mass is 9.85. The summed E-state index contributed by atoms with van der Waals surface area (Å²) in [4.78, 5) is 14.8. The van der Waals surface area contributed by atoms with Crippen LogP contribution in [-0.2, 0) is 0 Å². The van der Waals surface area contributed by atoms with Crippen molar-refractivity contribution in [1.29, 1.82) is 0 Å². The highest BCUT2D eigenvalue weighted by molar-refractivity contribution is 6.31. The van der Waals surface area contributed by atoms with E-state index in [1.165, 1.54) is 5.56 Å². The number of carbonyl (C=O) groups is 1. The van der Waals surface area contributed by atoms with Crippen LogP contribution in [0.2, 0.25) is 10.0 Å². The van der Waals surface area contributed by atoms with Crippen LogP contribution in [0.3, 0.4) is 0 Å². The third-order valence-corrected chi connectivity index (χ3v) is 5.64. The lowest BCUT2D eigenvalue weighted by molar-refractivity contribution is 0.0679. The number of nitrogens with one attached hydrogen (secondary N) is 1. The number of amides is 1. The Hall–Kier alpha value is -1.55. The average molecular weight is 377 g/mol. The number of hydrogen-bond donors (Lipinski definition) is 1. The number of hydrogen-bond acceptors (Lipinski definition) is 2. The van der Waals surface area contributed by atoms with Crippen molar-refractivity contribution in [3.05, 3.63) is 69.2 Å². The lowest BCUT2D eigenvalue weighted by Gasteiger charge is -2.39. The maximum Gasteiger partial charge on any atom is 0.253 e. The number of benzene rings is 2. The molecule has 3 rings (SSSR count). The topological polar surface area (TPSA) is 32.3 Å². The highest BCUT2D eigenvalue weighted by atomic mass is 35.5. The average Bonchev–Trinajstić information content (AvgIpc) is 2.63. The van der Waals surface area contributed by atoms with Crippen LogP contribution in [-0.4, -0.2) is 37.0 Å². The van der Waals surface area contributed by atoms with Gasteiger partial charge in [-0.15, -0.1) is 0 Å². The summed E-state index contributed by atoms with van der Waals surface area (Å²) in [5.74, 6) is 0.269. The van der Waals surface area contributed by atoms with Gasteiger partial charge < -0.3 is 10.2 Å². The largest absolute Gasteiger partial charge is 0.338 e. The molecule has 0 bridgehead atoms. The van der Waals surface area contributed by atoms with E-state index in [1.807, 2.05) is 24.9 Å². The van der Waals surface area contributed by atoms with Gasteiger partial charge in [0, 0.05) is 41.2 Å². The summed E-state index contributed by atoms with van der Waals surface area (Å²) < 4.78 is 0. The van der Waals surface area contributed by atoms with Crippen LogP contribution in [0.1, 0.15) is 33.8 Å². The van der Waals surface area contributed by atoms with E-state index in [1.54, 1.807) is 24.3 Å². The minimum absolute atomic E-state index is 0.0271. The van der Waals surface area contributed by atoms with Crippen molar-refractivity contribution >= 4 is 29.1 Å². The molecule has 0 saturated carbocycles. The van der Waals surface area contributed by atoms with E-state index < -0.39 is 0 Å². The predicted octanol–water partition coefficient (Wildman–Crippen LogP) is 4.52. The van der Waals surface area contributed by atoms with E-state index >= 15 is 0 Å². The first kappa shape index (κ1) is 18.2. The van der Waals surface area contributed by atoms with Crippen LogP contribution in [0.5, 0.6) is 0 Å². The number of likely N-dealkylation sites (N-methyl/N-ethyl adjacent to an activating group) is 1. The van der Waals surface area contributed by atoms with Crippen molar-refractivity contribution in [3.63, 3.8) is 0 Å². The molecular weight excluding hydrogens is 355 g/mol. The summed E-state index contributed by atoms with van der Waals surface area (Å²) in [6.45, 7) is 3.77. The summed E-state index contributed by atoms with van der Waals surface area (Å²) in [7, 11) is 1.89. The van der Waals surface area contributed by atoms with Gasteiger partial charge in [0.1, 0.15) is 0 Å². The normalized spacial score (nSPS) is 20.3. The molecule has 1 heterocycles. The van der Waals surface area contributed by atoms with Gasteiger partial charge in [0.25, 0.3) is 5.91 Å². The molecule has 1 aliphatic heterocycles. The van der Waals surface area contributed by atoms with Crippen LogP contribution >= 0.6 is 23.2 Å². The van der Waals surface area contributed by atoms with E-state index in [4.69, 9.17) is 23.2 Å². The SMILES string of the molecule is Cc1cc(C2CNCCC2N(C)C(=O)c2ccc(Cl)cc2)ccc1Cl. The fourth-order valence-corrected chi connectivity index (χ4v) is 3.74. The Morgan fingerprint density at radius 1 is 1.16 bits per heavy atom. The Labute approximate surface area is 158 Å². The zero-order valence-corrected chi connectivity index (χ0v) is 15.9. The monoisotopic (exact) mass is 376 g/mol. The maximum atomic E-state index is 12.9. The number of halogens is 2. The predicted molar refractivity (Wildman–Crippen MR) is 104 cm³/mol. The minimum Gasteiger partial charge on any atom is -0.338 e. The first-order valence-electron chi connectivity index (χ1n) is 8.47. The standard InChI is InChI=1S/C20H22Cl2N2O/c1-13-11-15(5-8-18(13)22)17-12-23-10-9-19(17)24(2)20(25)14-3-6-16(21)7-4-14/h3-8,11,17,19,23H,9-10,12H2,1-2H3. The maximum absolute atomic E-state index is 12.9. The summed E-state index contributed by atoms with van der Waals surface area (Å²) in [6.07, 6.45) is 0.919. The van der Waals surface area contributed by atoms with Gasteiger partial charge in [-0.1, -0.05) is 35.3 Å². The number of nitrogens with zero attached hydrogens (tertiary/aromatic N) is 1. The number of carbonyl (C=O) groups excluding carboxylic acids is 1. The molecule has 1 saturated heterocycles. The molecule has 25 heavy (non-hydrogen) atoms. The van der Waals surface area contributed by atoms with Crippen molar-refractivity contribution in [2.75, 3.05) is 20.1 Å². The first-order chi connectivity index (χ1) is 12.0. The Balaban J connectivity index is 1.85. The molecule has 1 N–H and O–H groups in total. The zero-order chi connectivity index (χ0) is 18.0. The third-order valence-electron chi connectivity index (χ3n) is 4.96. The molecule has 0 aromatic heterocycles. The quantitative estimate of drug-likeness (QED) is 0.853. The lowest BCUT2D eigenvalue weighted by Crippen LogP contribution is -2.49. The molecule has 2 unspecified atom stereocenters. The summed E-state index contributed by atoms with van der Waals surface area (Å²) in [5, 5.41) is 4.86. The molecule has 1 amide bonds. The van der Waals surface area contributed by atoms with E-state index in [-0.39, 0.29) is 17.9 Å². The zero-order valence-electron chi connectivity index (χ0n) is 14.4. The fourth-order valence-electron chi connectivity index (χ4n) is 3.49. The number of rotatable bonds is 3. The molecule has 1 fully saturated rings. The second-order valence-electron chi connectivity index (χ2n) is 6.60. The van der Waals surface area contributed by atoms with Crippen LogP contribution in [0.25, 0.3) is 0 Å². The highest BCUT2D eigenvalue weighted by Gasteiger charge is 2.32. The Morgan fingerprint density at radius 2 is 1.88 bits per heavy atom. The third kappa shape index (κ3) is 4.00. The smallest absolute Gasteiger partial charge is 0.253 e. The van der Waals surface area contributed by atoms with Crippen molar-refractivity contribution < 1.29 is 4.79 Å². The van der Waals surface area contributed by atoms with E-state index in [0.29, 0.717) is 10.6 Å². The second-order valence-corrected chi connectivity index (χ2v) is 7.44. The fraction of sp³-hybridized carbons (Fsp3) is 0.350. The Bertz CT molecular complexity index is 761. The van der Waals surface area contributed by atoms with E-state index in [9.17, 15) is 4.79 Å². The minimum atomic E-state index is 0.0271.